The molecule has 2 heterocycles. The van der Waals surface area contributed by atoms with Gasteiger partial charge in [-0.05, 0) is 68.7 Å². The molecule has 0 aliphatic carbocycles. The Morgan fingerprint density at radius 2 is 1.80 bits per heavy atom. The Bertz CT molecular complexity index is 1380. The van der Waals surface area contributed by atoms with Gasteiger partial charge in [-0.25, -0.2) is 9.78 Å². The molecule has 0 fully saturated rings. The molecule has 35 heavy (non-hydrogen) atoms. The molecule has 1 aliphatic heterocycles. The van der Waals surface area contributed by atoms with Crippen LogP contribution in [0, 0.1) is 27.7 Å². The number of nitrogens with one attached hydrogen (secondary N) is 1. The second-order valence-corrected chi connectivity index (χ2v) is 9.57. The summed E-state index contributed by atoms with van der Waals surface area (Å²) < 4.78 is 7.37. The molecule has 1 aliphatic rings. The Kier molecular flexibility index (Phi) is 7.40. The Morgan fingerprint density at radius 1 is 1.06 bits per heavy atom. The molecule has 4 rings (SSSR count). The van der Waals surface area contributed by atoms with Gasteiger partial charge in [-0.2, -0.15) is 4.98 Å². The molecule has 0 atom stereocenters. The van der Waals surface area contributed by atoms with Crippen molar-refractivity contribution < 1.29 is 9.53 Å². The minimum absolute atomic E-state index is 0.246. The monoisotopic (exact) mass is 490 g/mol. The summed E-state index contributed by atoms with van der Waals surface area (Å²) in [5.74, 6) is 0.977. The number of nitrogens with zero attached hydrogens (tertiary/aromatic N) is 3. The highest BCUT2D eigenvalue weighted by Gasteiger charge is 2.31. The highest BCUT2D eigenvalue weighted by Crippen LogP contribution is 2.34. The van der Waals surface area contributed by atoms with Crippen molar-refractivity contribution in [3.8, 4) is 5.75 Å². The minimum atomic E-state index is -0.396. The maximum absolute atomic E-state index is 13.4. The second-order valence-electron chi connectivity index (χ2n) is 8.80. The van der Waals surface area contributed by atoms with E-state index in [1.807, 2.05) is 51.3 Å². The largest absolute Gasteiger partial charge is 0.493 e. The second kappa shape index (κ2) is 10.5. The zero-order valence-corrected chi connectivity index (χ0v) is 21.6. The summed E-state index contributed by atoms with van der Waals surface area (Å²) in [7, 11) is 0. The third kappa shape index (κ3) is 5.32. The molecule has 0 radical (unpaired) electrons. The Morgan fingerprint density at radius 3 is 2.54 bits per heavy atom. The van der Waals surface area contributed by atoms with Crippen LogP contribution < -0.4 is 15.7 Å². The molecule has 3 aromatic rings. The molecule has 182 valence electrons. The molecule has 0 saturated heterocycles. The summed E-state index contributed by atoms with van der Waals surface area (Å²) in [5.41, 5.74) is 6.19. The van der Waals surface area contributed by atoms with Crippen LogP contribution in [0.1, 0.15) is 40.1 Å². The van der Waals surface area contributed by atoms with E-state index in [0.717, 1.165) is 33.6 Å². The molecular weight excluding hydrogens is 460 g/mol. The van der Waals surface area contributed by atoms with Crippen LogP contribution in [-0.4, -0.2) is 39.8 Å². The molecule has 0 unspecified atom stereocenters. The van der Waals surface area contributed by atoms with E-state index in [0.29, 0.717) is 36.1 Å². The fourth-order valence-corrected chi connectivity index (χ4v) is 4.58. The smallest absolute Gasteiger partial charge is 0.352 e. The standard InChI is InChI=1S/C27H30N4O3S/c1-16-8-10-22(19(4)13-16)34-12-6-11-28-25(32)23-21(20-14-17(2)7-9-18(20)3)15-31-24(23)29-26(35-5)30-27(31)33/h7-10,13-14H,6,11-12,15H2,1-5H3,(H,28,32). The van der Waals surface area contributed by atoms with Gasteiger partial charge in [0.05, 0.1) is 18.7 Å². The number of benzene rings is 2. The van der Waals surface area contributed by atoms with E-state index in [9.17, 15) is 9.59 Å². The van der Waals surface area contributed by atoms with Crippen molar-refractivity contribution in [2.24, 2.45) is 0 Å². The molecule has 0 bridgehead atoms. The summed E-state index contributed by atoms with van der Waals surface area (Å²) >= 11 is 1.28. The van der Waals surface area contributed by atoms with Crippen LogP contribution >= 0.6 is 11.8 Å². The Labute approximate surface area is 209 Å². The number of thioether (sulfide) groups is 1. The number of hydrogen-bond acceptors (Lipinski definition) is 6. The van der Waals surface area contributed by atoms with E-state index in [2.05, 4.69) is 34.3 Å². The van der Waals surface area contributed by atoms with Crippen molar-refractivity contribution in [2.75, 3.05) is 19.4 Å². The highest BCUT2D eigenvalue weighted by molar-refractivity contribution is 7.98. The topological polar surface area (TPSA) is 86.1 Å². The van der Waals surface area contributed by atoms with Crippen molar-refractivity contribution in [3.63, 3.8) is 0 Å². The lowest BCUT2D eigenvalue weighted by atomic mass is 9.95. The number of ether oxygens (including phenoxy) is 1. The molecular formula is C27H30N4O3S. The van der Waals surface area contributed by atoms with E-state index < -0.39 is 5.69 Å². The normalized spacial score (nSPS) is 12.6. The van der Waals surface area contributed by atoms with Gasteiger partial charge in [-0.3, -0.25) is 9.36 Å². The van der Waals surface area contributed by atoms with Gasteiger partial charge >= 0.3 is 5.69 Å². The van der Waals surface area contributed by atoms with E-state index in [-0.39, 0.29) is 12.5 Å². The minimum Gasteiger partial charge on any atom is -0.493 e. The lowest BCUT2D eigenvalue weighted by Crippen LogP contribution is -2.29. The summed E-state index contributed by atoms with van der Waals surface area (Å²) in [5, 5.41) is 3.36. The van der Waals surface area contributed by atoms with Crippen LogP contribution in [0.15, 0.2) is 46.3 Å². The Hall–Kier alpha value is -3.39. The van der Waals surface area contributed by atoms with E-state index in [1.165, 1.54) is 21.9 Å². The van der Waals surface area contributed by atoms with Gasteiger partial charge in [0.15, 0.2) is 11.0 Å². The molecule has 1 N–H and O–H groups in total. The number of carbonyl (C=O) groups excluding carboxylic acids is 1. The van der Waals surface area contributed by atoms with Crippen LogP contribution in [0.25, 0.3) is 11.1 Å². The van der Waals surface area contributed by atoms with Crippen LogP contribution in [0.3, 0.4) is 0 Å². The number of amides is 1. The van der Waals surface area contributed by atoms with Gasteiger partial charge in [0.25, 0.3) is 5.91 Å². The third-order valence-corrected chi connectivity index (χ3v) is 6.59. The lowest BCUT2D eigenvalue weighted by Gasteiger charge is -2.12. The zero-order chi connectivity index (χ0) is 25.1. The fourth-order valence-electron chi connectivity index (χ4n) is 4.23. The number of fused-ring (bicyclic) bond motifs is 1. The van der Waals surface area contributed by atoms with Crippen LogP contribution in [0.5, 0.6) is 5.75 Å². The van der Waals surface area contributed by atoms with Gasteiger partial charge in [0, 0.05) is 6.54 Å². The summed E-state index contributed by atoms with van der Waals surface area (Å²) in [6.45, 7) is 9.29. The molecule has 8 heteroatoms. The van der Waals surface area contributed by atoms with E-state index in [1.54, 1.807) is 0 Å². The quantitative estimate of drug-likeness (QED) is 0.378. The number of rotatable bonds is 8. The third-order valence-electron chi connectivity index (χ3n) is 6.04. The Balaban J connectivity index is 1.55. The molecule has 1 aromatic heterocycles. The van der Waals surface area contributed by atoms with Gasteiger partial charge in [-0.1, -0.05) is 53.2 Å². The summed E-state index contributed by atoms with van der Waals surface area (Å²) in [6, 6.07) is 12.2. The van der Waals surface area contributed by atoms with E-state index >= 15 is 0 Å². The van der Waals surface area contributed by atoms with E-state index in [4.69, 9.17) is 4.74 Å². The SMILES string of the molecule is CSc1nc2n(c(=O)n1)CC(c1cc(C)ccc1C)=C2C(=O)NCCCOc1ccc(C)cc1C. The molecule has 1 amide bonds. The first-order chi connectivity index (χ1) is 16.8. The number of allylic oxidation sites excluding steroid dienone is 1. The highest BCUT2D eigenvalue weighted by atomic mass is 32.2. The van der Waals surface area contributed by atoms with Gasteiger partial charge in [0.1, 0.15) is 5.75 Å². The molecule has 0 saturated carbocycles. The average molecular weight is 491 g/mol. The maximum Gasteiger partial charge on any atom is 0.352 e. The van der Waals surface area contributed by atoms with Crippen molar-refractivity contribution in [2.45, 2.75) is 45.8 Å². The molecule has 0 spiro atoms. The predicted molar refractivity (Wildman–Crippen MR) is 140 cm³/mol. The number of aryl methyl sites for hydroxylation is 4. The first-order valence-electron chi connectivity index (χ1n) is 11.6. The number of hydrogen-bond donors (Lipinski definition) is 1. The van der Waals surface area contributed by atoms with Crippen molar-refractivity contribution in [3.05, 3.63) is 80.5 Å². The zero-order valence-electron chi connectivity index (χ0n) is 20.8. The van der Waals surface area contributed by atoms with Crippen molar-refractivity contribution in [1.29, 1.82) is 0 Å². The first kappa shape index (κ1) is 24.7. The number of carbonyl (C=O) groups is 1. The number of aromatic nitrogens is 3. The van der Waals surface area contributed by atoms with Crippen molar-refractivity contribution >= 4 is 28.8 Å². The van der Waals surface area contributed by atoms with Crippen LogP contribution in [0.2, 0.25) is 0 Å². The van der Waals surface area contributed by atoms with Gasteiger partial charge in [-0.15, -0.1) is 0 Å². The lowest BCUT2D eigenvalue weighted by molar-refractivity contribution is -0.115. The average Bonchev–Trinajstić information content (AvgIpc) is 3.21. The van der Waals surface area contributed by atoms with Gasteiger partial charge in [0.2, 0.25) is 0 Å². The van der Waals surface area contributed by atoms with Crippen molar-refractivity contribution in [1.82, 2.24) is 19.9 Å². The van der Waals surface area contributed by atoms with Gasteiger partial charge < -0.3 is 10.1 Å². The molecule has 7 nitrogen and oxygen atoms in total. The fraction of sp³-hybridized carbons (Fsp3) is 0.333. The molecule has 2 aromatic carbocycles. The predicted octanol–water partition coefficient (Wildman–Crippen LogP) is 4.10. The maximum atomic E-state index is 13.4. The van der Waals surface area contributed by atoms with Crippen LogP contribution in [0.4, 0.5) is 0 Å². The van der Waals surface area contributed by atoms with Crippen LogP contribution in [-0.2, 0) is 11.3 Å². The summed E-state index contributed by atoms with van der Waals surface area (Å²) in [6.07, 6.45) is 2.46. The first-order valence-corrected chi connectivity index (χ1v) is 12.8. The summed E-state index contributed by atoms with van der Waals surface area (Å²) in [4.78, 5) is 34.7.